The maximum absolute atomic E-state index is 12.9. The Balaban J connectivity index is 2.24. The van der Waals surface area contributed by atoms with Gasteiger partial charge >= 0.3 is 5.97 Å². The van der Waals surface area contributed by atoms with Crippen LogP contribution < -0.4 is 0 Å². The van der Waals surface area contributed by atoms with E-state index in [-0.39, 0.29) is 16.0 Å². The van der Waals surface area contributed by atoms with Gasteiger partial charge in [-0.25, -0.2) is 21.6 Å². The minimum Gasteiger partial charge on any atom is -0.478 e. The number of rotatable bonds is 3. The quantitative estimate of drug-likeness (QED) is 0.805. The molecular formula is C15H10FNO4S. The number of carboxylic acid groups (broad SMARTS) is 1. The van der Waals surface area contributed by atoms with Gasteiger partial charge in [0.2, 0.25) is 0 Å². The summed E-state index contributed by atoms with van der Waals surface area (Å²) in [5, 5.41) is 9.46. The van der Waals surface area contributed by atoms with E-state index in [9.17, 15) is 17.6 Å². The minimum atomic E-state index is -3.92. The van der Waals surface area contributed by atoms with Gasteiger partial charge in [0.1, 0.15) is 5.82 Å². The fourth-order valence-electron chi connectivity index (χ4n) is 2.26. The van der Waals surface area contributed by atoms with Crippen LogP contribution in [0.25, 0.3) is 10.9 Å². The first kappa shape index (κ1) is 14.3. The van der Waals surface area contributed by atoms with Gasteiger partial charge in [-0.05, 0) is 42.5 Å². The van der Waals surface area contributed by atoms with E-state index in [1.807, 2.05) is 0 Å². The molecule has 3 aromatic rings. The van der Waals surface area contributed by atoms with Crippen LogP contribution in [0.15, 0.2) is 59.6 Å². The monoisotopic (exact) mass is 319 g/mol. The Hall–Kier alpha value is -2.67. The number of carboxylic acids is 1. The lowest BCUT2D eigenvalue weighted by atomic mass is 10.1. The molecule has 0 aliphatic rings. The van der Waals surface area contributed by atoms with E-state index in [2.05, 4.69) is 0 Å². The summed E-state index contributed by atoms with van der Waals surface area (Å²) in [5.74, 6) is -1.67. The second kappa shape index (κ2) is 4.96. The molecule has 1 heterocycles. The van der Waals surface area contributed by atoms with Crippen molar-refractivity contribution in [3.8, 4) is 0 Å². The van der Waals surface area contributed by atoms with Crippen LogP contribution in [0.1, 0.15) is 10.4 Å². The van der Waals surface area contributed by atoms with Crippen LogP contribution in [-0.2, 0) is 10.0 Å². The van der Waals surface area contributed by atoms with Crippen molar-refractivity contribution in [3.05, 3.63) is 66.1 Å². The molecule has 2 aromatic carbocycles. The normalized spacial score (nSPS) is 11.7. The SMILES string of the molecule is O=C(O)c1cccc2c1ccn2S(=O)(=O)c1ccc(F)cc1. The van der Waals surface area contributed by atoms with Crippen molar-refractivity contribution in [1.82, 2.24) is 3.97 Å². The minimum absolute atomic E-state index is 0.0190. The molecule has 0 aliphatic heterocycles. The molecule has 22 heavy (non-hydrogen) atoms. The Kier molecular flexibility index (Phi) is 3.22. The fraction of sp³-hybridized carbons (Fsp3) is 0. The first-order valence-electron chi connectivity index (χ1n) is 6.26. The fourth-order valence-corrected chi connectivity index (χ4v) is 3.61. The summed E-state index contributed by atoms with van der Waals surface area (Å²) in [4.78, 5) is 11.1. The van der Waals surface area contributed by atoms with Gasteiger partial charge in [0.25, 0.3) is 10.0 Å². The van der Waals surface area contributed by atoms with Gasteiger partial charge in [-0.3, -0.25) is 0 Å². The number of hydrogen-bond donors (Lipinski definition) is 1. The number of fused-ring (bicyclic) bond motifs is 1. The van der Waals surface area contributed by atoms with Crippen LogP contribution in [0.2, 0.25) is 0 Å². The Bertz CT molecular complexity index is 974. The molecule has 0 atom stereocenters. The summed E-state index contributed by atoms with van der Waals surface area (Å²) in [6.45, 7) is 0. The largest absolute Gasteiger partial charge is 0.478 e. The molecule has 5 nitrogen and oxygen atoms in total. The summed E-state index contributed by atoms with van der Waals surface area (Å²) < 4.78 is 39.1. The van der Waals surface area contributed by atoms with Crippen LogP contribution in [0, 0.1) is 5.82 Å². The van der Waals surface area contributed by atoms with E-state index in [0.29, 0.717) is 5.39 Å². The Morgan fingerprint density at radius 2 is 1.73 bits per heavy atom. The van der Waals surface area contributed by atoms with Crippen molar-refractivity contribution in [2.24, 2.45) is 0 Å². The number of benzene rings is 2. The third-order valence-corrected chi connectivity index (χ3v) is 5.00. The lowest BCUT2D eigenvalue weighted by Crippen LogP contribution is -2.12. The predicted molar refractivity (Wildman–Crippen MR) is 77.9 cm³/mol. The molecule has 0 saturated carbocycles. The van der Waals surface area contributed by atoms with Crippen LogP contribution in [0.3, 0.4) is 0 Å². The smallest absolute Gasteiger partial charge is 0.336 e. The van der Waals surface area contributed by atoms with Gasteiger partial charge in [0.15, 0.2) is 0 Å². The molecule has 0 unspecified atom stereocenters. The van der Waals surface area contributed by atoms with E-state index in [1.54, 1.807) is 0 Å². The Morgan fingerprint density at radius 1 is 1.05 bits per heavy atom. The molecule has 0 amide bonds. The number of aromatic carboxylic acids is 1. The average molecular weight is 319 g/mol. The highest BCUT2D eigenvalue weighted by molar-refractivity contribution is 7.90. The molecule has 7 heteroatoms. The number of nitrogens with zero attached hydrogens (tertiary/aromatic N) is 1. The second-order valence-electron chi connectivity index (χ2n) is 4.61. The first-order valence-corrected chi connectivity index (χ1v) is 7.70. The summed E-state index contributed by atoms with van der Waals surface area (Å²) in [6, 6.07) is 10.3. The zero-order valence-electron chi connectivity index (χ0n) is 11.1. The number of halogens is 1. The van der Waals surface area contributed by atoms with Crippen molar-refractivity contribution in [2.45, 2.75) is 4.90 Å². The number of carbonyl (C=O) groups is 1. The van der Waals surface area contributed by atoms with E-state index in [0.717, 1.165) is 28.2 Å². The molecule has 1 N–H and O–H groups in total. The van der Waals surface area contributed by atoms with E-state index < -0.39 is 21.8 Å². The van der Waals surface area contributed by atoms with Gasteiger partial charge in [-0.15, -0.1) is 0 Å². The van der Waals surface area contributed by atoms with Crippen LogP contribution in [0.5, 0.6) is 0 Å². The second-order valence-corrected chi connectivity index (χ2v) is 6.43. The van der Waals surface area contributed by atoms with Gasteiger partial charge in [-0.2, -0.15) is 0 Å². The Morgan fingerprint density at radius 3 is 2.36 bits per heavy atom. The van der Waals surface area contributed by atoms with Gasteiger partial charge in [0, 0.05) is 11.6 Å². The van der Waals surface area contributed by atoms with E-state index in [4.69, 9.17) is 5.11 Å². The molecule has 0 aliphatic carbocycles. The zero-order chi connectivity index (χ0) is 15.9. The lowest BCUT2D eigenvalue weighted by molar-refractivity contribution is 0.0699. The maximum Gasteiger partial charge on any atom is 0.336 e. The van der Waals surface area contributed by atoms with Crippen molar-refractivity contribution in [1.29, 1.82) is 0 Å². The van der Waals surface area contributed by atoms with E-state index >= 15 is 0 Å². The Labute approximate surface area is 125 Å². The summed E-state index contributed by atoms with van der Waals surface area (Å²) in [7, 11) is -3.92. The predicted octanol–water partition coefficient (Wildman–Crippen LogP) is 2.72. The highest BCUT2D eigenvalue weighted by Crippen LogP contribution is 2.25. The molecule has 0 saturated heterocycles. The molecule has 0 radical (unpaired) electrons. The van der Waals surface area contributed by atoms with Crippen LogP contribution >= 0.6 is 0 Å². The maximum atomic E-state index is 12.9. The van der Waals surface area contributed by atoms with Crippen molar-refractivity contribution in [3.63, 3.8) is 0 Å². The molecule has 3 rings (SSSR count). The molecule has 112 valence electrons. The number of aromatic nitrogens is 1. The molecule has 0 bridgehead atoms. The summed E-state index contributed by atoms with van der Waals surface area (Å²) >= 11 is 0. The van der Waals surface area contributed by atoms with Gasteiger partial charge < -0.3 is 5.11 Å². The molecule has 1 aromatic heterocycles. The standard InChI is InChI=1S/C15H10FNO4S/c16-10-4-6-11(7-5-10)22(20,21)17-9-8-12-13(15(18)19)2-1-3-14(12)17/h1-9H,(H,18,19). The molecule has 0 fully saturated rings. The highest BCUT2D eigenvalue weighted by Gasteiger charge is 2.20. The topological polar surface area (TPSA) is 76.4 Å². The van der Waals surface area contributed by atoms with Gasteiger partial charge in [-0.1, -0.05) is 6.07 Å². The van der Waals surface area contributed by atoms with Crippen molar-refractivity contribution in [2.75, 3.05) is 0 Å². The van der Waals surface area contributed by atoms with E-state index in [1.165, 1.54) is 30.5 Å². The zero-order valence-corrected chi connectivity index (χ0v) is 11.9. The van der Waals surface area contributed by atoms with Crippen LogP contribution in [0.4, 0.5) is 4.39 Å². The average Bonchev–Trinajstić information content (AvgIpc) is 2.92. The van der Waals surface area contributed by atoms with Crippen molar-refractivity contribution < 1.29 is 22.7 Å². The molecular weight excluding hydrogens is 309 g/mol. The third-order valence-electron chi connectivity index (χ3n) is 3.30. The summed E-state index contributed by atoms with van der Waals surface area (Å²) in [5.41, 5.74) is 0.273. The third kappa shape index (κ3) is 2.15. The summed E-state index contributed by atoms with van der Waals surface area (Å²) in [6.07, 6.45) is 1.29. The van der Waals surface area contributed by atoms with Crippen LogP contribution in [-0.4, -0.2) is 23.5 Å². The highest BCUT2D eigenvalue weighted by atomic mass is 32.2. The first-order chi connectivity index (χ1) is 10.4. The molecule has 0 spiro atoms. The van der Waals surface area contributed by atoms with Gasteiger partial charge in [0.05, 0.1) is 16.0 Å². The van der Waals surface area contributed by atoms with Crippen molar-refractivity contribution >= 4 is 26.9 Å². The lowest BCUT2D eigenvalue weighted by Gasteiger charge is -2.08. The number of hydrogen-bond acceptors (Lipinski definition) is 3.